The molecule has 0 radical (unpaired) electrons. The van der Waals surface area contributed by atoms with Crippen LogP contribution in [0.15, 0.2) is 13.2 Å². The van der Waals surface area contributed by atoms with Gasteiger partial charge in [0.05, 0.1) is 8.00 Å². The standard InChI is InChI=1S/C11H14BrNOS2/c1-11(2)4-6-8(7(5-11)13-14)10(15-3)16-9(6)12/h7H,4-5H2,1-3H3. The predicted molar refractivity (Wildman–Crippen MR) is 74.4 cm³/mol. The first-order valence-electron chi connectivity index (χ1n) is 5.16. The Morgan fingerprint density at radius 1 is 1.56 bits per heavy atom. The van der Waals surface area contributed by atoms with Gasteiger partial charge in [-0.2, -0.15) is 4.91 Å². The van der Waals surface area contributed by atoms with Gasteiger partial charge in [-0.05, 0) is 46.0 Å². The lowest BCUT2D eigenvalue weighted by atomic mass is 9.73. The Labute approximate surface area is 112 Å². The zero-order valence-corrected chi connectivity index (χ0v) is 12.8. The van der Waals surface area contributed by atoms with Crippen molar-refractivity contribution in [2.75, 3.05) is 6.26 Å². The van der Waals surface area contributed by atoms with E-state index in [1.54, 1.807) is 23.1 Å². The van der Waals surface area contributed by atoms with Crippen LogP contribution in [-0.2, 0) is 6.42 Å². The molecule has 0 amide bonds. The van der Waals surface area contributed by atoms with Crippen molar-refractivity contribution in [1.82, 2.24) is 0 Å². The first-order chi connectivity index (χ1) is 7.48. The molecule has 2 nitrogen and oxygen atoms in total. The molecule has 0 saturated carbocycles. The Balaban J connectivity index is 2.55. The van der Waals surface area contributed by atoms with Crippen LogP contribution in [-0.4, -0.2) is 6.26 Å². The molecule has 0 N–H and O–H groups in total. The molecular formula is C11H14BrNOS2. The lowest BCUT2D eigenvalue weighted by Crippen LogP contribution is -2.24. The van der Waals surface area contributed by atoms with Crippen LogP contribution in [0, 0.1) is 10.3 Å². The van der Waals surface area contributed by atoms with Crippen molar-refractivity contribution in [3.63, 3.8) is 0 Å². The lowest BCUT2D eigenvalue weighted by molar-refractivity contribution is 0.282. The number of hydrogen-bond acceptors (Lipinski definition) is 4. The quantitative estimate of drug-likeness (QED) is 0.566. The van der Waals surface area contributed by atoms with Gasteiger partial charge in [-0.3, -0.25) is 0 Å². The number of nitrogens with zero attached hydrogens (tertiary/aromatic N) is 1. The molecule has 0 fully saturated rings. The van der Waals surface area contributed by atoms with Crippen molar-refractivity contribution >= 4 is 39.0 Å². The van der Waals surface area contributed by atoms with Gasteiger partial charge in [0.2, 0.25) is 0 Å². The fraction of sp³-hybridized carbons (Fsp3) is 0.636. The summed E-state index contributed by atoms with van der Waals surface area (Å²) in [5, 5.41) is 3.33. The summed E-state index contributed by atoms with van der Waals surface area (Å²) in [5.74, 6) is 0. The van der Waals surface area contributed by atoms with Gasteiger partial charge >= 0.3 is 0 Å². The van der Waals surface area contributed by atoms with E-state index in [0.29, 0.717) is 0 Å². The van der Waals surface area contributed by atoms with Gasteiger partial charge < -0.3 is 0 Å². The molecule has 0 bridgehead atoms. The average molecular weight is 320 g/mol. The second-order valence-corrected chi connectivity index (χ2v) is 8.34. The number of fused-ring (bicyclic) bond motifs is 1. The fourth-order valence-electron chi connectivity index (χ4n) is 2.35. The minimum atomic E-state index is -0.163. The number of hydrogen-bond donors (Lipinski definition) is 0. The van der Waals surface area contributed by atoms with Gasteiger partial charge in [-0.1, -0.05) is 19.0 Å². The highest BCUT2D eigenvalue weighted by atomic mass is 79.9. The molecule has 88 valence electrons. The number of thiophene rings is 1. The minimum Gasteiger partial charge on any atom is -0.150 e. The molecule has 0 aliphatic heterocycles. The van der Waals surface area contributed by atoms with Crippen molar-refractivity contribution < 1.29 is 0 Å². The third kappa shape index (κ3) is 2.09. The van der Waals surface area contributed by atoms with Gasteiger partial charge in [-0.25, -0.2) is 0 Å². The molecule has 1 aromatic heterocycles. The predicted octanol–water partition coefficient (Wildman–Crippen LogP) is 5.01. The first kappa shape index (κ1) is 12.6. The van der Waals surface area contributed by atoms with Gasteiger partial charge in [-0.15, -0.1) is 23.1 Å². The average Bonchev–Trinajstić information content (AvgIpc) is 2.53. The lowest BCUT2D eigenvalue weighted by Gasteiger charge is -2.32. The summed E-state index contributed by atoms with van der Waals surface area (Å²) in [7, 11) is 0. The van der Waals surface area contributed by atoms with Crippen molar-refractivity contribution in [2.24, 2.45) is 10.6 Å². The van der Waals surface area contributed by atoms with E-state index in [4.69, 9.17) is 0 Å². The zero-order chi connectivity index (χ0) is 11.9. The van der Waals surface area contributed by atoms with Crippen molar-refractivity contribution in [3.05, 3.63) is 19.8 Å². The molecule has 1 aliphatic rings. The number of nitroso groups, excluding NO2 is 1. The number of halogens is 1. The molecule has 1 aromatic rings. The molecule has 5 heteroatoms. The second-order valence-electron chi connectivity index (χ2n) is 4.93. The Morgan fingerprint density at radius 2 is 2.25 bits per heavy atom. The monoisotopic (exact) mass is 319 g/mol. The molecule has 0 aromatic carbocycles. The number of rotatable bonds is 2. The van der Waals surface area contributed by atoms with Crippen LogP contribution < -0.4 is 0 Å². The van der Waals surface area contributed by atoms with E-state index in [0.717, 1.165) is 12.8 Å². The van der Waals surface area contributed by atoms with Crippen molar-refractivity contribution in [2.45, 2.75) is 36.9 Å². The van der Waals surface area contributed by atoms with Gasteiger partial charge in [0.15, 0.2) is 0 Å². The van der Waals surface area contributed by atoms with Gasteiger partial charge in [0, 0.05) is 5.56 Å². The van der Waals surface area contributed by atoms with E-state index >= 15 is 0 Å². The van der Waals surface area contributed by atoms with Crippen LogP contribution in [0.3, 0.4) is 0 Å². The normalized spacial score (nSPS) is 22.9. The molecule has 16 heavy (non-hydrogen) atoms. The maximum absolute atomic E-state index is 11.0. The summed E-state index contributed by atoms with van der Waals surface area (Å²) in [4.78, 5) is 11.0. The Kier molecular flexibility index (Phi) is 3.48. The van der Waals surface area contributed by atoms with E-state index in [1.807, 2.05) is 0 Å². The summed E-state index contributed by atoms with van der Waals surface area (Å²) < 4.78 is 2.41. The zero-order valence-electron chi connectivity index (χ0n) is 9.54. The van der Waals surface area contributed by atoms with E-state index in [9.17, 15) is 4.91 Å². The Morgan fingerprint density at radius 3 is 2.81 bits per heavy atom. The van der Waals surface area contributed by atoms with E-state index in [-0.39, 0.29) is 11.5 Å². The molecule has 2 rings (SSSR count). The van der Waals surface area contributed by atoms with Gasteiger partial charge in [0.1, 0.15) is 6.04 Å². The van der Waals surface area contributed by atoms with Crippen molar-refractivity contribution in [3.8, 4) is 0 Å². The summed E-state index contributed by atoms with van der Waals surface area (Å²) in [6.07, 6.45) is 3.95. The largest absolute Gasteiger partial charge is 0.150 e. The smallest absolute Gasteiger partial charge is 0.120 e. The third-order valence-corrected chi connectivity index (χ3v) is 6.15. The van der Waals surface area contributed by atoms with E-state index in [1.165, 1.54) is 19.1 Å². The highest BCUT2D eigenvalue weighted by Gasteiger charge is 2.37. The van der Waals surface area contributed by atoms with Gasteiger partial charge in [0.25, 0.3) is 0 Å². The second kappa shape index (κ2) is 4.42. The Hall–Kier alpha value is 0.130. The SMILES string of the molecule is CSc1sc(Br)c2c1C(N=O)CC(C)(C)C2. The molecule has 1 heterocycles. The minimum absolute atomic E-state index is 0.163. The maximum atomic E-state index is 11.0. The molecule has 0 spiro atoms. The fourth-order valence-corrected chi connectivity index (χ4v) is 5.41. The molecule has 1 aliphatic carbocycles. The van der Waals surface area contributed by atoms with Crippen LogP contribution in [0.25, 0.3) is 0 Å². The van der Waals surface area contributed by atoms with Crippen LogP contribution in [0.4, 0.5) is 0 Å². The molecule has 1 atom stereocenters. The first-order valence-corrected chi connectivity index (χ1v) is 7.99. The summed E-state index contributed by atoms with van der Waals surface area (Å²) in [5.41, 5.74) is 2.65. The van der Waals surface area contributed by atoms with E-state index in [2.05, 4.69) is 41.2 Å². The summed E-state index contributed by atoms with van der Waals surface area (Å²) >= 11 is 7.06. The summed E-state index contributed by atoms with van der Waals surface area (Å²) in [6, 6.07) is -0.163. The van der Waals surface area contributed by atoms with Crippen LogP contribution >= 0.6 is 39.0 Å². The van der Waals surface area contributed by atoms with Crippen LogP contribution in [0.2, 0.25) is 0 Å². The topological polar surface area (TPSA) is 29.4 Å². The highest BCUT2D eigenvalue weighted by molar-refractivity contribution is 9.11. The maximum Gasteiger partial charge on any atom is 0.120 e. The van der Waals surface area contributed by atoms with E-state index < -0.39 is 0 Å². The molecular weight excluding hydrogens is 306 g/mol. The summed E-state index contributed by atoms with van der Waals surface area (Å²) in [6.45, 7) is 4.41. The number of thioether (sulfide) groups is 1. The molecule has 1 unspecified atom stereocenters. The Bertz CT molecular complexity index is 428. The third-order valence-electron chi connectivity index (χ3n) is 3.01. The van der Waals surface area contributed by atoms with Crippen LogP contribution in [0.1, 0.15) is 37.4 Å². The molecule has 0 saturated heterocycles. The van der Waals surface area contributed by atoms with Crippen LogP contribution in [0.5, 0.6) is 0 Å². The highest BCUT2D eigenvalue weighted by Crippen LogP contribution is 2.51. The van der Waals surface area contributed by atoms with Crippen molar-refractivity contribution in [1.29, 1.82) is 0 Å².